The molecule has 1 fully saturated rings. The summed E-state index contributed by atoms with van der Waals surface area (Å²) in [6.07, 6.45) is 0.821. The predicted octanol–water partition coefficient (Wildman–Crippen LogP) is -0.0583. The van der Waals surface area contributed by atoms with Gasteiger partial charge >= 0.3 is 6.03 Å². The molecule has 17 heavy (non-hydrogen) atoms. The van der Waals surface area contributed by atoms with Crippen molar-refractivity contribution in [3.63, 3.8) is 0 Å². The van der Waals surface area contributed by atoms with Gasteiger partial charge in [0.1, 0.15) is 0 Å². The van der Waals surface area contributed by atoms with Crippen LogP contribution in [0.15, 0.2) is 5.16 Å². The number of nitrogens with one attached hydrogen (secondary N) is 1. The molecule has 4 N–H and O–H groups in total. The molecule has 0 spiro atoms. The molecule has 0 aliphatic carbocycles. The van der Waals surface area contributed by atoms with Gasteiger partial charge < -0.3 is 25.9 Å². The van der Waals surface area contributed by atoms with Crippen molar-refractivity contribution in [1.29, 1.82) is 0 Å². The lowest BCUT2D eigenvalue weighted by atomic mass is 10.2. The van der Waals surface area contributed by atoms with Crippen molar-refractivity contribution in [2.24, 2.45) is 10.9 Å². The third-order valence-electron chi connectivity index (χ3n) is 2.60. The molecule has 1 unspecified atom stereocenters. The topological polar surface area (TPSA) is 100 Å². The minimum absolute atomic E-state index is 0.0107. The molecule has 0 radical (unpaired) electrons. The summed E-state index contributed by atoms with van der Waals surface area (Å²) in [4.78, 5) is 13.5. The van der Waals surface area contributed by atoms with E-state index in [9.17, 15) is 4.79 Å². The first-order valence-electron chi connectivity index (χ1n) is 5.66. The number of oxime groups is 1. The average molecular weight is 244 g/mol. The molecule has 0 aromatic heterocycles. The number of rotatable bonds is 4. The number of urea groups is 1. The molecule has 1 saturated heterocycles. The molecule has 1 atom stereocenters. The van der Waals surface area contributed by atoms with Crippen molar-refractivity contribution >= 4 is 11.9 Å². The number of amides is 2. The van der Waals surface area contributed by atoms with Gasteiger partial charge in [0.25, 0.3) is 0 Å². The number of nitrogens with two attached hydrogens (primary N) is 1. The van der Waals surface area contributed by atoms with Gasteiger partial charge in [-0.25, -0.2) is 4.79 Å². The maximum Gasteiger partial charge on any atom is 0.318 e. The minimum atomic E-state index is -0.220. The quantitative estimate of drug-likeness (QED) is 0.279. The molecule has 1 heterocycles. The Labute approximate surface area is 101 Å². The third kappa shape index (κ3) is 4.10. The SMILES string of the molecule is CC(C)N(CC(N)=NO)C(=O)NC1CCOC1. The van der Waals surface area contributed by atoms with Gasteiger partial charge in [0, 0.05) is 12.6 Å². The molecule has 0 bridgehead atoms. The van der Waals surface area contributed by atoms with Crippen LogP contribution in [0.5, 0.6) is 0 Å². The van der Waals surface area contributed by atoms with Crippen LogP contribution in [0.25, 0.3) is 0 Å². The van der Waals surface area contributed by atoms with E-state index in [1.165, 1.54) is 4.90 Å². The average Bonchev–Trinajstić information content (AvgIpc) is 2.77. The number of carbonyl (C=O) groups excluding carboxylic acids is 1. The minimum Gasteiger partial charge on any atom is -0.409 e. The highest BCUT2D eigenvalue weighted by atomic mass is 16.5. The monoisotopic (exact) mass is 244 g/mol. The smallest absolute Gasteiger partial charge is 0.318 e. The number of hydrogen-bond acceptors (Lipinski definition) is 4. The summed E-state index contributed by atoms with van der Waals surface area (Å²) >= 11 is 0. The van der Waals surface area contributed by atoms with E-state index < -0.39 is 0 Å². The van der Waals surface area contributed by atoms with Gasteiger partial charge in [-0.2, -0.15) is 0 Å². The first-order chi connectivity index (χ1) is 8.04. The molecule has 1 rings (SSSR count). The standard InChI is InChI=1S/C10H20N4O3/c1-7(2)14(5-9(11)13-16)10(15)12-8-3-4-17-6-8/h7-8,16H,3-6H2,1-2H3,(H2,11,13)(H,12,15). The molecule has 0 aromatic rings. The molecular weight excluding hydrogens is 224 g/mol. The van der Waals surface area contributed by atoms with Gasteiger partial charge in [-0.05, 0) is 20.3 Å². The molecule has 0 aromatic carbocycles. The Kier molecular flexibility index (Phi) is 5.02. The van der Waals surface area contributed by atoms with Crippen molar-refractivity contribution in [3.05, 3.63) is 0 Å². The molecule has 7 nitrogen and oxygen atoms in total. The number of ether oxygens (including phenoxy) is 1. The van der Waals surface area contributed by atoms with E-state index in [4.69, 9.17) is 15.7 Å². The highest BCUT2D eigenvalue weighted by Gasteiger charge is 2.23. The van der Waals surface area contributed by atoms with E-state index in [0.29, 0.717) is 13.2 Å². The van der Waals surface area contributed by atoms with Gasteiger partial charge in [0.05, 0.1) is 19.2 Å². The normalized spacial score (nSPS) is 20.6. The fraction of sp³-hybridized carbons (Fsp3) is 0.800. The molecule has 0 saturated carbocycles. The number of nitrogens with zero attached hydrogens (tertiary/aromatic N) is 2. The van der Waals surface area contributed by atoms with Crippen LogP contribution < -0.4 is 11.1 Å². The Morgan fingerprint density at radius 3 is 2.88 bits per heavy atom. The van der Waals surface area contributed by atoms with Crippen LogP contribution in [0.2, 0.25) is 0 Å². The van der Waals surface area contributed by atoms with Crippen molar-refractivity contribution in [1.82, 2.24) is 10.2 Å². The largest absolute Gasteiger partial charge is 0.409 e. The second kappa shape index (κ2) is 6.29. The van der Waals surface area contributed by atoms with Gasteiger partial charge in [-0.15, -0.1) is 0 Å². The predicted molar refractivity (Wildman–Crippen MR) is 63.0 cm³/mol. The van der Waals surface area contributed by atoms with Gasteiger partial charge in [-0.3, -0.25) is 0 Å². The zero-order chi connectivity index (χ0) is 12.8. The summed E-state index contributed by atoms with van der Waals surface area (Å²) < 4.78 is 5.18. The van der Waals surface area contributed by atoms with Gasteiger partial charge in [0.15, 0.2) is 5.84 Å². The molecule has 1 aliphatic heterocycles. The van der Waals surface area contributed by atoms with Crippen molar-refractivity contribution < 1.29 is 14.7 Å². The number of hydrogen-bond donors (Lipinski definition) is 3. The van der Waals surface area contributed by atoms with Gasteiger partial charge in [-0.1, -0.05) is 5.16 Å². The van der Waals surface area contributed by atoms with Crippen LogP contribution in [0.1, 0.15) is 20.3 Å². The second-order valence-corrected chi connectivity index (χ2v) is 4.32. The lowest BCUT2D eigenvalue weighted by molar-refractivity contribution is 0.174. The maximum atomic E-state index is 12.0. The first kappa shape index (κ1) is 13.6. The number of carbonyl (C=O) groups is 1. The summed E-state index contributed by atoms with van der Waals surface area (Å²) in [5.41, 5.74) is 5.41. The molecular formula is C10H20N4O3. The zero-order valence-electron chi connectivity index (χ0n) is 10.2. The lowest BCUT2D eigenvalue weighted by Crippen LogP contribution is -2.50. The molecule has 2 amide bonds. The van der Waals surface area contributed by atoms with E-state index in [1.807, 2.05) is 13.8 Å². The Balaban J connectivity index is 2.53. The lowest BCUT2D eigenvalue weighted by Gasteiger charge is -2.27. The van der Waals surface area contributed by atoms with Crippen LogP contribution in [0.3, 0.4) is 0 Å². The highest BCUT2D eigenvalue weighted by Crippen LogP contribution is 2.05. The second-order valence-electron chi connectivity index (χ2n) is 4.32. The fourth-order valence-corrected chi connectivity index (χ4v) is 1.60. The van der Waals surface area contributed by atoms with Crippen LogP contribution in [-0.2, 0) is 4.74 Å². The van der Waals surface area contributed by atoms with Crippen molar-refractivity contribution in [2.75, 3.05) is 19.8 Å². The Bertz CT molecular complexity index is 287. The van der Waals surface area contributed by atoms with Crippen LogP contribution >= 0.6 is 0 Å². The van der Waals surface area contributed by atoms with Crippen LogP contribution in [0.4, 0.5) is 4.79 Å². The van der Waals surface area contributed by atoms with E-state index >= 15 is 0 Å². The van der Waals surface area contributed by atoms with Crippen LogP contribution in [0, 0.1) is 0 Å². The highest BCUT2D eigenvalue weighted by molar-refractivity contribution is 5.86. The summed E-state index contributed by atoms with van der Waals surface area (Å²) in [6, 6.07) is -0.198. The zero-order valence-corrected chi connectivity index (χ0v) is 10.2. The molecule has 1 aliphatic rings. The van der Waals surface area contributed by atoms with E-state index in [0.717, 1.165) is 6.42 Å². The first-order valence-corrected chi connectivity index (χ1v) is 5.66. The van der Waals surface area contributed by atoms with E-state index in [-0.39, 0.29) is 30.5 Å². The van der Waals surface area contributed by atoms with Crippen LogP contribution in [-0.4, -0.2) is 53.8 Å². The Hall–Kier alpha value is -1.50. The van der Waals surface area contributed by atoms with E-state index in [2.05, 4.69) is 10.5 Å². The fourth-order valence-electron chi connectivity index (χ4n) is 1.60. The maximum absolute atomic E-state index is 12.0. The molecule has 98 valence electrons. The summed E-state index contributed by atoms with van der Waals surface area (Å²) in [5, 5.41) is 14.2. The number of amidine groups is 1. The van der Waals surface area contributed by atoms with Gasteiger partial charge in [0.2, 0.25) is 0 Å². The summed E-state index contributed by atoms with van der Waals surface area (Å²) in [6.45, 7) is 5.06. The Morgan fingerprint density at radius 1 is 1.71 bits per heavy atom. The Morgan fingerprint density at radius 2 is 2.41 bits per heavy atom. The van der Waals surface area contributed by atoms with Crippen molar-refractivity contribution in [3.8, 4) is 0 Å². The van der Waals surface area contributed by atoms with E-state index in [1.54, 1.807) is 0 Å². The summed E-state index contributed by atoms with van der Waals surface area (Å²) in [7, 11) is 0. The third-order valence-corrected chi connectivity index (χ3v) is 2.60. The van der Waals surface area contributed by atoms with Crippen molar-refractivity contribution in [2.45, 2.75) is 32.4 Å². The summed E-state index contributed by atoms with van der Waals surface area (Å²) in [5.74, 6) is 0.0107. The molecule has 7 heteroatoms.